The Kier molecular flexibility index (Phi) is 15.1. The van der Waals surface area contributed by atoms with E-state index in [-0.39, 0.29) is 0 Å². The van der Waals surface area contributed by atoms with Crippen LogP contribution in [0.1, 0.15) is 52.9 Å². The molecule has 0 heterocycles. The van der Waals surface area contributed by atoms with Crippen LogP contribution < -0.4 is 0 Å². The molecule has 0 N–H and O–H groups in total. The molecule has 0 nitrogen and oxygen atoms in total. The largest absolute Gasteiger partial charge is 0.106 e. The standard InChI is InChI=1S/C5H12.C4H8.C2H4/c1-3-5-4-2;1-4-2-3-4;1-2/h3-5H2,1-2H3;4H,2-3H2,1H3;1-2H2. The summed E-state index contributed by atoms with van der Waals surface area (Å²) < 4.78 is 0. The number of unbranched alkanes of at least 4 members (excludes halogenated alkanes) is 2. The lowest BCUT2D eigenvalue weighted by atomic mass is 10.3. The van der Waals surface area contributed by atoms with Gasteiger partial charge in [-0.3, -0.25) is 0 Å². The van der Waals surface area contributed by atoms with Gasteiger partial charge in [0, 0.05) is 0 Å². The first-order chi connectivity index (χ1) is 5.31. The van der Waals surface area contributed by atoms with Gasteiger partial charge in [0.05, 0.1) is 0 Å². The first-order valence-electron chi connectivity index (χ1n) is 4.81. The Labute approximate surface area is 72.7 Å². The van der Waals surface area contributed by atoms with Crippen molar-refractivity contribution >= 4 is 0 Å². The molecule has 0 aliphatic heterocycles. The minimum Gasteiger partial charge on any atom is -0.106 e. The summed E-state index contributed by atoms with van der Waals surface area (Å²) in [5.41, 5.74) is 0. The topological polar surface area (TPSA) is 0 Å². The van der Waals surface area contributed by atoms with E-state index < -0.39 is 0 Å². The zero-order valence-corrected chi connectivity index (χ0v) is 8.53. The van der Waals surface area contributed by atoms with E-state index in [0.29, 0.717) is 0 Å². The fraction of sp³-hybridized carbons (Fsp3) is 0.818. The van der Waals surface area contributed by atoms with E-state index in [1.165, 1.54) is 32.1 Å². The van der Waals surface area contributed by atoms with E-state index in [2.05, 4.69) is 33.9 Å². The maximum absolute atomic E-state index is 3.00. The van der Waals surface area contributed by atoms with Gasteiger partial charge in [-0.1, -0.05) is 52.9 Å². The summed E-state index contributed by atoms with van der Waals surface area (Å²) in [4.78, 5) is 0. The molecule has 0 saturated heterocycles. The fourth-order valence-corrected chi connectivity index (χ4v) is 0.520. The van der Waals surface area contributed by atoms with Crippen LogP contribution >= 0.6 is 0 Å². The minimum atomic E-state index is 1.08. The average molecular weight is 156 g/mol. The second kappa shape index (κ2) is 12.4. The number of hydrogen-bond donors (Lipinski definition) is 0. The molecule has 0 aromatic heterocycles. The summed E-state index contributed by atoms with van der Waals surface area (Å²) in [5, 5.41) is 0. The highest BCUT2D eigenvalue weighted by molar-refractivity contribution is 4.65. The highest BCUT2D eigenvalue weighted by atomic mass is 14.2. The normalized spacial score (nSPS) is 13.7. The van der Waals surface area contributed by atoms with E-state index in [9.17, 15) is 0 Å². The van der Waals surface area contributed by atoms with E-state index in [1.54, 1.807) is 0 Å². The van der Waals surface area contributed by atoms with Gasteiger partial charge in [0.2, 0.25) is 0 Å². The molecule has 0 amide bonds. The van der Waals surface area contributed by atoms with Crippen LogP contribution in [0.3, 0.4) is 0 Å². The van der Waals surface area contributed by atoms with Gasteiger partial charge in [-0.15, -0.1) is 13.2 Å². The molecule has 1 fully saturated rings. The van der Waals surface area contributed by atoms with E-state index in [0.717, 1.165) is 5.92 Å². The van der Waals surface area contributed by atoms with Crippen molar-refractivity contribution in [2.75, 3.05) is 0 Å². The summed E-state index contributed by atoms with van der Waals surface area (Å²) in [5.74, 6) is 1.08. The van der Waals surface area contributed by atoms with E-state index in [1.807, 2.05) is 0 Å². The quantitative estimate of drug-likeness (QED) is 0.519. The molecule has 11 heavy (non-hydrogen) atoms. The lowest BCUT2D eigenvalue weighted by molar-refractivity contribution is 0.772. The SMILES string of the molecule is C=C.CC1CC1.CCCCC. The third-order valence-electron chi connectivity index (χ3n) is 1.57. The molecule has 0 spiro atoms. The Hall–Kier alpha value is -0.260. The van der Waals surface area contributed by atoms with Gasteiger partial charge in [0.25, 0.3) is 0 Å². The van der Waals surface area contributed by atoms with Crippen LogP contribution in [0.5, 0.6) is 0 Å². The molecule has 1 rings (SSSR count). The Balaban J connectivity index is 0. The zero-order chi connectivity index (χ0) is 9.11. The summed E-state index contributed by atoms with van der Waals surface area (Å²) >= 11 is 0. The first kappa shape index (κ1) is 13.3. The Morgan fingerprint density at radius 2 is 1.36 bits per heavy atom. The summed E-state index contributed by atoms with van der Waals surface area (Å²) in [6.07, 6.45) is 7.05. The maximum atomic E-state index is 3.00. The molecule has 0 aromatic carbocycles. The monoisotopic (exact) mass is 156 g/mol. The van der Waals surface area contributed by atoms with Crippen molar-refractivity contribution < 1.29 is 0 Å². The van der Waals surface area contributed by atoms with Crippen molar-refractivity contribution in [3.8, 4) is 0 Å². The smallest absolute Gasteiger partial charge is 0.0443 e. The zero-order valence-electron chi connectivity index (χ0n) is 8.53. The lowest BCUT2D eigenvalue weighted by Crippen LogP contribution is -1.59. The molecule has 0 bridgehead atoms. The number of hydrogen-bond acceptors (Lipinski definition) is 0. The van der Waals surface area contributed by atoms with Crippen molar-refractivity contribution in [2.45, 2.75) is 52.9 Å². The van der Waals surface area contributed by atoms with Crippen LogP contribution in [0.4, 0.5) is 0 Å². The Morgan fingerprint density at radius 1 is 1.09 bits per heavy atom. The predicted octanol–water partition coefficient (Wildman–Crippen LogP) is 4.42. The van der Waals surface area contributed by atoms with E-state index >= 15 is 0 Å². The van der Waals surface area contributed by atoms with Crippen LogP contribution in [0, 0.1) is 5.92 Å². The average Bonchev–Trinajstić information content (AvgIpc) is 2.79. The van der Waals surface area contributed by atoms with Crippen molar-refractivity contribution in [1.29, 1.82) is 0 Å². The van der Waals surface area contributed by atoms with Crippen LogP contribution in [0.25, 0.3) is 0 Å². The molecule has 0 radical (unpaired) electrons. The summed E-state index contributed by atoms with van der Waals surface area (Å²) in [6.45, 7) is 12.7. The fourth-order valence-electron chi connectivity index (χ4n) is 0.520. The van der Waals surface area contributed by atoms with Gasteiger partial charge in [-0.2, -0.15) is 0 Å². The van der Waals surface area contributed by atoms with Crippen LogP contribution in [0.2, 0.25) is 0 Å². The molecule has 1 aliphatic carbocycles. The second-order valence-electron chi connectivity index (χ2n) is 3.04. The first-order valence-corrected chi connectivity index (χ1v) is 4.81. The Bertz CT molecular complexity index is 51.1. The van der Waals surface area contributed by atoms with Crippen molar-refractivity contribution in [3.63, 3.8) is 0 Å². The molecule has 0 heteroatoms. The predicted molar refractivity (Wildman–Crippen MR) is 54.9 cm³/mol. The third kappa shape index (κ3) is 26.0. The lowest BCUT2D eigenvalue weighted by Gasteiger charge is -1.79. The van der Waals surface area contributed by atoms with Gasteiger partial charge < -0.3 is 0 Å². The minimum absolute atomic E-state index is 1.08. The maximum Gasteiger partial charge on any atom is -0.0443 e. The van der Waals surface area contributed by atoms with E-state index in [4.69, 9.17) is 0 Å². The third-order valence-corrected chi connectivity index (χ3v) is 1.57. The molecule has 1 saturated carbocycles. The molecular formula is C11H24. The Morgan fingerprint density at radius 3 is 1.36 bits per heavy atom. The molecular weight excluding hydrogens is 132 g/mol. The molecule has 0 atom stereocenters. The van der Waals surface area contributed by atoms with Gasteiger partial charge in [0.1, 0.15) is 0 Å². The van der Waals surface area contributed by atoms with Crippen molar-refractivity contribution in [2.24, 2.45) is 5.92 Å². The van der Waals surface area contributed by atoms with Gasteiger partial charge in [-0.25, -0.2) is 0 Å². The molecule has 0 aromatic rings. The van der Waals surface area contributed by atoms with Gasteiger partial charge in [-0.05, 0) is 5.92 Å². The van der Waals surface area contributed by atoms with Crippen LogP contribution in [-0.4, -0.2) is 0 Å². The van der Waals surface area contributed by atoms with Gasteiger partial charge >= 0.3 is 0 Å². The number of rotatable bonds is 2. The van der Waals surface area contributed by atoms with Crippen molar-refractivity contribution in [3.05, 3.63) is 13.2 Å². The van der Waals surface area contributed by atoms with Crippen molar-refractivity contribution in [1.82, 2.24) is 0 Å². The summed E-state index contributed by atoms with van der Waals surface area (Å²) in [6, 6.07) is 0. The van der Waals surface area contributed by atoms with Gasteiger partial charge in [0.15, 0.2) is 0 Å². The highest BCUT2D eigenvalue weighted by Gasteiger charge is 2.12. The van der Waals surface area contributed by atoms with Crippen LogP contribution in [0.15, 0.2) is 13.2 Å². The highest BCUT2D eigenvalue weighted by Crippen LogP contribution is 2.26. The second-order valence-corrected chi connectivity index (χ2v) is 3.04. The molecule has 1 aliphatic rings. The van der Waals surface area contributed by atoms with Crippen LogP contribution in [-0.2, 0) is 0 Å². The molecule has 0 unspecified atom stereocenters. The molecule has 68 valence electrons. The summed E-state index contributed by atoms with van der Waals surface area (Å²) in [7, 11) is 0.